The van der Waals surface area contributed by atoms with Gasteiger partial charge in [0.1, 0.15) is 0 Å². The molecule has 1 N–H and O–H groups in total. The topological polar surface area (TPSA) is 73.2 Å². The molecule has 0 fully saturated rings. The molecule has 1 aromatic heterocycles. The van der Waals surface area contributed by atoms with Gasteiger partial charge in [-0.2, -0.15) is 5.10 Å². The molecule has 0 aliphatic heterocycles. The molecule has 0 bridgehead atoms. The second-order valence-corrected chi connectivity index (χ2v) is 6.98. The molecule has 0 saturated heterocycles. The van der Waals surface area contributed by atoms with E-state index in [1.54, 1.807) is 67.3 Å². The highest BCUT2D eigenvalue weighted by Crippen LogP contribution is 2.14. The van der Waals surface area contributed by atoms with E-state index in [1.165, 1.54) is 0 Å². The average Bonchev–Trinajstić information content (AvgIpc) is 3.07. The summed E-state index contributed by atoms with van der Waals surface area (Å²) in [5.74, 6) is -0.617. The first-order valence-electron chi connectivity index (χ1n) is 8.80. The summed E-state index contributed by atoms with van der Waals surface area (Å²) in [6.07, 6.45) is 3.14. The molecule has 0 aliphatic rings. The van der Waals surface area contributed by atoms with Crippen LogP contribution in [0.4, 0.5) is 5.69 Å². The Hall–Kier alpha value is -3.12. The number of anilines is 1. The maximum Gasteiger partial charge on any atom is 0.338 e. The third-order valence-corrected chi connectivity index (χ3v) is 4.08. The zero-order chi connectivity index (χ0) is 20.1. The summed E-state index contributed by atoms with van der Waals surface area (Å²) in [4.78, 5) is 24.3. The number of hydrogen-bond donors (Lipinski definition) is 1. The van der Waals surface area contributed by atoms with Gasteiger partial charge in [0.2, 0.25) is 0 Å². The Morgan fingerprint density at radius 3 is 2.29 bits per heavy atom. The first kappa shape index (κ1) is 19.6. The zero-order valence-electron chi connectivity index (χ0n) is 15.6. The molecule has 0 unspecified atom stereocenters. The molecule has 144 valence electrons. The molecule has 0 saturated carbocycles. The monoisotopic (exact) mass is 397 g/mol. The Morgan fingerprint density at radius 1 is 1.07 bits per heavy atom. The number of amides is 1. The maximum absolute atomic E-state index is 12.4. The predicted octanol–water partition coefficient (Wildman–Crippen LogP) is 4.40. The molecule has 0 aliphatic carbocycles. The van der Waals surface area contributed by atoms with Crippen molar-refractivity contribution in [3.63, 3.8) is 0 Å². The van der Waals surface area contributed by atoms with Crippen molar-refractivity contribution in [3.05, 3.63) is 82.6 Å². The Labute approximate surface area is 168 Å². The zero-order valence-corrected chi connectivity index (χ0v) is 16.3. The van der Waals surface area contributed by atoms with Crippen LogP contribution in [0.3, 0.4) is 0 Å². The lowest BCUT2D eigenvalue weighted by Crippen LogP contribution is -2.13. The van der Waals surface area contributed by atoms with Crippen LogP contribution >= 0.6 is 11.6 Å². The van der Waals surface area contributed by atoms with Gasteiger partial charge in [0.05, 0.1) is 29.4 Å². The molecule has 28 heavy (non-hydrogen) atoms. The lowest BCUT2D eigenvalue weighted by atomic mass is 10.1. The second kappa shape index (κ2) is 8.71. The number of hydrogen-bond acceptors (Lipinski definition) is 4. The van der Waals surface area contributed by atoms with Crippen LogP contribution in [0.15, 0.2) is 60.9 Å². The lowest BCUT2D eigenvalue weighted by Gasteiger charge is -2.09. The van der Waals surface area contributed by atoms with Gasteiger partial charge in [-0.3, -0.25) is 9.48 Å². The molecular weight excluding hydrogens is 378 g/mol. The summed E-state index contributed by atoms with van der Waals surface area (Å²) < 4.78 is 6.87. The van der Waals surface area contributed by atoms with Crippen molar-refractivity contribution in [2.75, 3.05) is 5.32 Å². The fourth-order valence-electron chi connectivity index (χ4n) is 2.55. The van der Waals surface area contributed by atoms with Gasteiger partial charge < -0.3 is 10.1 Å². The average molecular weight is 398 g/mol. The second-order valence-electron chi connectivity index (χ2n) is 6.54. The standard InChI is InChI=1S/C21H20ClN3O3/c1-14(2)28-21(27)17-7-9-19(10-8-17)24-20(26)16-5-3-15(4-6-16)12-25-13-18(22)11-23-25/h3-11,13-14H,12H2,1-2H3,(H,24,26). The largest absolute Gasteiger partial charge is 0.459 e. The van der Waals surface area contributed by atoms with Gasteiger partial charge in [-0.25, -0.2) is 4.79 Å². The minimum atomic E-state index is -0.387. The molecule has 7 heteroatoms. The van der Waals surface area contributed by atoms with Crippen LogP contribution in [0.5, 0.6) is 0 Å². The number of ether oxygens (including phenoxy) is 1. The normalized spacial score (nSPS) is 10.7. The van der Waals surface area contributed by atoms with Crippen LogP contribution in [-0.2, 0) is 11.3 Å². The van der Waals surface area contributed by atoms with Gasteiger partial charge in [-0.15, -0.1) is 0 Å². The van der Waals surface area contributed by atoms with Crippen molar-refractivity contribution < 1.29 is 14.3 Å². The summed E-state index contributed by atoms with van der Waals surface area (Å²) in [7, 11) is 0. The van der Waals surface area contributed by atoms with Gasteiger partial charge in [-0.05, 0) is 55.8 Å². The van der Waals surface area contributed by atoms with Crippen molar-refractivity contribution in [1.82, 2.24) is 9.78 Å². The molecule has 3 aromatic rings. The number of benzene rings is 2. The number of aromatic nitrogens is 2. The van der Waals surface area contributed by atoms with Crippen molar-refractivity contribution in [1.29, 1.82) is 0 Å². The van der Waals surface area contributed by atoms with Crippen LogP contribution in [-0.4, -0.2) is 27.8 Å². The maximum atomic E-state index is 12.4. The van der Waals surface area contributed by atoms with Crippen molar-refractivity contribution in [2.24, 2.45) is 0 Å². The summed E-state index contributed by atoms with van der Waals surface area (Å²) in [6.45, 7) is 4.16. The highest BCUT2D eigenvalue weighted by Gasteiger charge is 2.10. The van der Waals surface area contributed by atoms with Gasteiger partial charge in [0, 0.05) is 17.4 Å². The number of esters is 1. The van der Waals surface area contributed by atoms with E-state index < -0.39 is 0 Å². The molecule has 1 amide bonds. The van der Waals surface area contributed by atoms with E-state index in [1.807, 2.05) is 12.1 Å². The van der Waals surface area contributed by atoms with E-state index in [0.29, 0.717) is 28.4 Å². The molecule has 0 spiro atoms. The Balaban J connectivity index is 1.60. The van der Waals surface area contributed by atoms with Crippen LogP contribution in [0, 0.1) is 0 Å². The Bertz CT molecular complexity index is 963. The highest BCUT2D eigenvalue weighted by molar-refractivity contribution is 6.30. The molecule has 6 nitrogen and oxygen atoms in total. The quantitative estimate of drug-likeness (QED) is 0.625. The molecule has 1 heterocycles. The van der Waals surface area contributed by atoms with Crippen LogP contribution in [0.1, 0.15) is 40.1 Å². The first-order chi connectivity index (χ1) is 13.4. The van der Waals surface area contributed by atoms with Crippen LogP contribution in [0.25, 0.3) is 0 Å². The van der Waals surface area contributed by atoms with E-state index in [9.17, 15) is 9.59 Å². The van der Waals surface area contributed by atoms with E-state index >= 15 is 0 Å². The minimum Gasteiger partial charge on any atom is -0.459 e. The highest BCUT2D eigenvalue weighted by atomic mass is 35.5. The van der Waals surface area contributed by atoms with Crippen LogP contribution < -0.4 is 5.32 Å². The minimum absolute atomic E-state index is 0.180. The number of nitrogens with zero attached hydrogens (tertiary/aromatic N) is 2. The third kappa shape index (κ3) is 5.20. The summed E-state index contributed by atoms with van der Waals surface area (Å²) in [5, 5.41) is 7.53. The smallest absolute Gasteiger partial charge is 0.338 e. The molecule has 0 atom stereocenters. The van der Waals surface area contributed by atoms with E-state index in [0.717, 1.165) is 5.56 Å². The third-order valence-electron chi connectivity index (χ3n) is 3.88. The number of carbonyl (C=O) groups excluding carboxylic acids is 2. The lowest BCUT2D eigenvalue weighted by molar-refractivity contribution is 0.0378. The molecule has 2 aromatic carbocycles. The number of rotatable bonds is 6. The van der Waals surface area contributed by atoms with E-state index in [2.05, 4.69) is 10.4 Å². The van der Waals surface area contributed by atoms with Crippen molar-refractivity contribution in [3.8, 4) is 0 Å². The van der Waals surface area contributed by atoms with Crippen LogP contribution in [0.2, 0.25) is 5.02 Å². The van der Waals surface area contributed by atoms with E-state index in [-0.39, 0.29) is 18.0 Å². The fourth-order valence-corrected chi connectivity index (χ4v) is 2.70. The fraction of sp³-hybridized carbons (Fsp3) is 0.190. The first-order valence-corrected chi connectivity index (χ1v) is 9.18. The summed E-state index contributed by atoms with van der Waals surface area (Å²) in [6, 6.07) is 13.8. The predicted molar refractivity (Wildman–Crippen MR) is 108 cm³/mol. The molecule has 0 radical (unpaired) electrons. The van der Waals surface area contributed by atoms with Crippen molar-refractivity contribution >= 4 is 29.2 Å². The van der Waals surface area contributed by atoms with Gasteiger partial charge >= 0.3 is 5.97 Å². The van der Waals surface area contributed by atoms with Gasteiger partial charge in [0.15, 0.2) is 0 Å². The number of halogens is 1. The summed E-state index contributed by atoms with van der Waals surface area (Å²) >= 11 is 5.86. The summed E-state index contributed by atoms with van der Waals surface area (Å²) in [5.41, 5.74) is 2.58. The molecular formula is C21H20ClN3O3. The van der Waals surface area contributed by atoms with Gasteiger partial charge in [0.25, 0.3) is 5.91 Å². The molecule has 3 rings (SSSR count). The van der Waals surface area contributed by atoms with Gasteiger partial charge in [-0.1, -0.05) is 23.7 Å². The SMILES string of the molecule is CC(C)OC(=O)c1ccc(NC(=O)c2ccc(Cn3cc(Cl)cn3)cc2)cc1. The van der Waals surface area contributed by atoms with E-state index in [4.69, 9.17) is 16.3 Å². The Morgan fingerprint density at radius 2 is 1.71 bits per heavy atom. The number of carbonyl (C=O) groups is 2. The van der Waals surface area contributed by atoms with Crippen molar-refractivity contribution in [2.45, 2.75) is 26.5 Å². The Kier molecular flexibility index (Phi) is 6.11. The number of nitrogens with one attached hydrogen (secondary N) is 1.